The molecule has 6 rings (SSSR count). The van der Waals surface area contributed by atoms with Gasteiger partial charge in [-0.2, -0.15) is 0 Å². The molecule has 1 unspecified atom stereocenters. The van der Waals surface area contributed by atoms with Crippen LogP contribution in [-0.2, 0) is 10.3 Å². The number of phenolic OH excluding ortho intramolecular Hbond substituents is 2. The highest BCUT2D eigenvalue weighted by Crippen LogP contribution is 2.60. The Bertz CT molecular complexity index is 1440. The van der Waals surface area contributed by atoms with Gasteiger partial charge in [0.25, 0.3) is 0 Å². The number of rotatable bonds is 2. The van der Waals surface area contributed by atoms with Crippen LogP contribution in [0.25, 0.3) is 0 Å². The van der Waals surface area contributed by atoms with Crippen molar-refractivity contribution in [1.82, 2.24) is 0 Å². The van der Waals surface area contributed by atoms with Crippen molar-refractivity contribution >= 4 is 5.97 Å². The van der Waals surface area contributed by atoms with Crippen LogP contribution in [0.5, 0.6) is 34.5 Å². The zero-order chi connectivity index (χ0) is 22.7. The molecule has 0 saturated heterocycles. The van der Waals surface area contributed by atoms with Crippen molar-refractivity contribution in [3.8, 4) is 34.5 Å². The molecule has 0 radical (unpaired) electrons. The molecule has 2 aliphatic heterocycles. The van der Waals surface area contributed by atoms with E-state index in [4.69, 9.17) is 14.2 Å². The summed E-state index contributed by atoms with van der Waals surface area (Å²) in [6.07, 6.45) is 0. The highest BCUT2D eigenvalue weighted by atomic mass is 16.6. The lowest BCUT2D eigenvalue weighted by atomic mass is 9.77. The van der Waals surface area contributed by atoms with E-state index >= 15 is 0 Å². The summed E-state index contributed by atoms with van der Waals surface area (Å²) in [5.74, 6) is 0.869. The van der Waals surface area contributed by atoms with Gasteiger partial charge in [-0.3, -0.25) is 0 Å². The maximum Gasteiger partial charge on any atom is 0.340 e. The molecule has 6 nitrogen and oxygen atoms in total. The molecule has 4 aromatic rings. The number of fused-ring (bicyclic) bond motifs is 6. The zero-order valence-corrected chi connectivity index (χ0v) is 17.5. The molecule has 6 heteroatoms. The van der Waals surface area contributed by atoms with Crippen LogP contribution in [0.4, 0.5) is 0 Å². The molecule has 1 atom stereocenters. The fourth-order valence-corrected chi connectivity index (χ4v) is 4.56. The van der Waals surface area contributed by atoms with Gasteiger partial charge in [0.2, 0.25) is 0 Å². The van der Waals surface area contributed by atoms with Gasteiger partial charge in [-0.25, -0.2) is 4.79 Å². The van der Waals surface area contributed by atoms with E-state index in [1.54, 1.807) is 18.2 Å². The molecular formula is C27H18O6. The maximum atomic E-state index is 13.0. The first-order valence-electron chi connectivity index (χ1n) is 10.4. The quantitative estimate of drug-likeness (QED) is 0.387. The summed E-state index contributed by atoms with van der Waals surface area (Å²) in [6.45, 7) is 1.98. The van der Waals surface area contributed by atoms with Crippen LogP contribution in [0.15, 0.2) is 78.9 Å². The number of aryl methyl sites for hydroxylation is 1. The minimum Gasteiger partial charge on any atom is -0.508 e. The molecule has 33 heavy (non-hydrogen) atoms. The summed E-state index contributed by atoms with van der Waals surface area (Å²) in [4.78, 5) is 13.0. The summed E-state index contributed by atoms with van der Waals surface area (Å²) in [7, 11) is 0. The van der Waals surface area contributed by atoms with Gasteiger partial charge in [0.1, 0.15) is 34.5 Å². The smallest absolute Gasteiger partial charge is 0.340 e. The number of hydrogen-bond donors (Lipinski definition) is 2. The molecule has 0 aromatic heterocycles. The summed E-state index contributed by atoms with van der Waals surface area (Å²) < 4.78 is 18.4. The van der Waals surface area contributed by atoms with Gasteiger partial charge < -0.3 is 24.4 Å². The maximum absolute atomic E-state index is 13.0. The second-order valence-electron chi connectivity index (χ2n) is 8.13. The Morgan fingerprint density at radius 2 is 1.58 bits per heavy atom. The molecule has 0 fully saturated rings. The molecule has 2 heterocycles. The van der Waals surface area contributed by atoms with Gasteiger partial charge in [-0.15, -0.1) is 0 Å². The van der Waals surface area contributed by atoms with Crippen molar-refractivity contribution < 1.29 is 29.2 Å². The minimum absolute atomic E-state index is 0.00115. The summed E-state index contributed by atoms with van der Waals surface area (Å²) in [6, 6.07) is 22.2. The molecule has 4 aromatic carbocycles. The third-order valence-corrected chi connectivity index (χ3v) is 5.99. The lowest BCUT2D eigenvalue weighted by Gasteiger charge is -2.37. The average molecular weight is 438 g/mol. The second kappa shape index (κ2) is 6.77. The van der Waals surface area contributed by atoms with Gasteiger partial charge in [-0.1, -0.05) is 35.9 Å². The van der Waals surface area contributed by atoms with Crippen molar-refractivity contribution in [2.75, 3.05) is 0 Å². The third-order valence-electron chi connectivity index (χ3n) is 5.99. The van der Waals surface area contributed by atoms with Crippen LogP contribution in [0.1, 0.15) is 32.6 Å². The number of carbonyl (C=O) groups is 1. The fraction of sp³-hybridized carbons (Fsp3) is 0.0741. The Morgan fingerprint density at radius 1 is 0.818 bits per heavy atom. The Kier molecular flexibility index (Phi) is 3.95. The largest absolute Gasteiger partial charge is 0.508 e. The van der Waals surface area contributed by atoms with Crippen molar-refractivity contribution in [2.45, 2.75) is 12.5 Å². The first-order chi connectivity index (χ1) is 16.0. The molecule has 2 aliphatic rings. The van der Waals surface area contributed by atoms with Crippen LogP contribution in [0, 0.1) is 6.92 Å². The average Bonchev–Trinajstić information content (AvgIpc) is 3.08. The first kappa shape index (κ1) is 19.3. The molecule has 0 saturated carbocycles. The summed E-state index contributed by atoms with van der Waals surface area (Å²) >= 11 is 0. The molecule has 1 spiro atoms. The third kappa shape index (κ3) is 2.77. The summed E-state index contributed by atoms with van der Waals surface area (Å²) in [5, 5.41) is 20.5. The molecule has 2 N–H and O–H groups in total. The monoisotopic (exact) mass is 438 g/mol. The van der Waals surface area contributed by atoms with E-state index in [9.17, 15) is 15.0 Å². The lowest BCUT2D eigenvalue weighted by molar-refractivity contribution is 0.0218. The summed E-state index contributed by atoms with van der Waals surface area (Å²) in [5.41, 5.74) is 1.76. The topological polar surface area (TPSA) is 85.2 Å². The van der Waals surface area contributed by atoms with E-state index in [-0.39, 0.29) is 23.0 Å². The standard InChI is InChI=1S/C27H18O6/c1-15-6-9-18(10-7-15)31-23-13-17(29)14-24-25(23)27(21-11-8-16(28)12-22(21)32-24)20-5-3-2-4-19(20)26(30)33-27/h2-14,28-29H,1H3. The van der Waals surface area contributed by atoms with E-state index in [0.717, 1.165) is 5.56 Å². The van der Waals surface area contributed by atoms with E-state index in [0.29, 0.717) is 33.8 Å². The van der Waals surface area contributed by atoms with E-state index in [1.807, 2.05) is 43.3 Å². The van der Waals surface area contributed by atoms with Crippen LogP contribution in [0.2, 0.25) is 0 Å². The Balaban J connectivity index is 1.66. The second-order valence-corrected chi connectivity index (χ2v) is 8.13. The zero-order valence-electron chi connectivity index (χ0n) is 17.5. The van der Waals surface area contributed by atoms with Crippen LogP contribution in [0.3, 0.4) is 0 Å². The molecule has 0 amide bonds. The molecule has 0 bridgehead atoms. The van der Waals surface area contributed by atoms with Gasteiger partial charge in [0.15, 0.2) is 5.60 Å². The predicted octanol–water partition coefficient (Wildman–Crippen LogP) is 5.77. The number of hydrogen-bond acceptors (Lipinski definition) is 6. The first-order valence-corrected chi connectivity index (χ1v) is 10.4. The van der Waals surface area contributed by atoms with E-state index in [1.165, 1.54) is 24.3 Å². The van der Waals surface area contributed by atoms with Crippen molar-refractivity contribution in [3.05, 3.63) is 107 Å². The minimum atomic E-state index is -1.38. The number of benzene rings is 4. The van der Waals surface area contributed by atoms with E-state index in [2.05, 4.69) is 0 Å². The normalized spacial score (nSPS) is 17.5. The number of esters is 1. The number of aromatic hydroxyl groups is 2. The Labute approximate surface area is 189 Å². The number of ether oxygens (including phenoxy) is 3. The Hall–Kier alpha value is -4.45. The van der Waals surface area contributed by atoms with Gasteiger partial charge >= 0.3 is 5.97 Å². The van der Waals surface area contributed by atoms with Crippen molar-refractivity contribution in [1.29, 1.82) is 0 Å². The van der Waals surface area contributed by atoms with Crippen molar-refractivity contribution in [3.63, 3.8) is 0 Å². The van der Waals surface area contributed by atoms with Gasteiger partial charge in [-0.05, 0) is 37.3 Å². The molecule has 162 valence electrons. The highest BCUT2D eigenvalue weighted by molar-refractivity contribution is 5.97. The van der Waals surface area contributed by atoms with Crippen LogP contribution < -0.4 is 9.47 Å². The van der Waals surface area contributed by atoms with E-state index < -0.39 is 11.6 Å². The highest BCUT2D eigenvalue weighted by Gasteiger charge is 2.55. The fourth-order valence-electron chi connectivity index (χ4n) is 4.56. The predicted molar refractivity (Wildman–Crippen MR) is 119 cm³/mol. The Morgan fingerprint density at radius 3 is 2.39 bits per heavy atom. The number of carbonyl (C=O) groups excluding carboxylic acids is 1. The SMILES string of the molecule is Cc1ccc(Oc2cc(O)cc3c2C2(OC(=O)c4ccccc42)c2ccc(O)cc2O3)cc1. The lowest BCUT2D eigenvalue weighted by Crippen LogP contribution is -2.33. The molecular weight excluding hydrogens is 420 g/mol. The van der Waals surface area contributed by atoms with Gasteiger partial charge in [0.05, 0.1) is 11.1 Å². The van der Waals surface area contributed by atoms with Gasteiger partial charge in [0, 0.05) is 29.3 Å². The number of phenols is 2. The molecule has 0 aliphatic carbocycles. The van der Waals surface area contributed by atoms with Crippen LogP contribution >= 0.6 is 0 Å². The van der Waals surface area contributed by atoms with Crippen LogP contribution in [-0.4, -0.2) is 16.2 Å². The van der Waals surface area contributed by atoms with Crippen molar-refractivity contribution in [2.24, 2.45) is 0 Å².